The van der Waals surface area contributed by atoms with Gasteiger partial charge in [-0.1, -0.05) is 46.0 Å². The third-order valence-corrected chi connectivity index (χ3v) is 7.21. The molecule has 2 aliphatic rings. The second-order valence-corrected chi connectivity index (χ2v) is 9.92. The van der Waals surface area contributed by atoms with Crippen molar-refractivity contribution in [2.24, 2.45) is 5.16 Å². The van der Waals surface area contributed by atoms with Gasteiger partial charge in [-0.05, 0) is 42.3 Å². The van der Waals surface area contributed by atoms with Crippen LogP contribution in [0.4, 0.5) is 26.3 Å². The van der Waals surface area contributed by atoms with Crippen LogP contribution in [-0.2, 0) is 20.1 Å². The molecular formula is C23H16Cl3F6N3O4. The molecule has 0 bridgehead atoms. The lowest BCUT2D eigenvalue weighted by atomic mass is 9.86. The number of oxime groups is 1. The van der Waals surface area contributed by atoms with Crippen LogP contribution in [0.2, 0.25) is 15.1 Å². The van der Waals surface area contributed by atoms with Gasteiger partial charge in [0.25, 0.3) is 17.4 Å². The average molecular weight is 619 g/mol. The second kappa shape index (κ2) is 10.3. The molecule has 2 heterocycles. The third kappa shape index (κ3) is 5.76. The fraction of sp³-hybridized carbons (Fsp3) is 0.348. The molecule has 2 amide bonds. The molecule has 1 saturated heterocycles. The zero-order chi connectivity index (χ0) is 28.9. The van der Waals surface area contributed by atoms with Gasteiger partial charge in [0.1, 0.15) is 19.2 Å². The van der Waals surface area contributed by atoms with E-state index in [9.17, 15) is 35.9 Å². The molecule has 2 aromatic carbocycles. The summed E-state index contributed by atoms with van der Waals surface area (Å²) in [4.78, 5) is 34.5. The smallest absolute Gasteiger partial charge is 0.374 e. The van der Waals surface area contributed by atoms with E-state index in [4.69, 9.17) is 44.5 Å². The molecule has 0 radical (unpaired) electrons. The van der Waals surface area contributed by atoms with Crippen molar-refractivity contribution in [3.8, 4) is 0 Å². The summed E-state index contributed by atoms with van der Waals surface area (Å²) in [6.07, 6.45) is -10.4. The highest BCUT2D eigenvalue weighted by atomic mass is 35.5. The maximum absolute atomic E-state index is 14.3. The van der Waals surface area contributed by atoms with E-state index in [0.717, 1.165) is 12.1 Å². The quantitative estimate of drug-likeness (QED) is 0.331. The van der Waals surface area contributed by atoms with Crippen LogP contribution < -0.4 is 5.32 Å². The largest absolute Gasteiger partial charge is 0.435 e. The van der Waals surface area contributed by atoms with Gasteiger partial charge < -0.3 is 10.2 Å². The van der Waals surface area contributed by atoms with Crippen molar-refractivity contribution in [3.63, 3.8) is 0 Å². The van der Waals surface area contributed by atoms with Crippen LogP contribution in [0.1, 0.15) is 33.5 Å². The summed E-state index contributed by atoms with van der Waals surface area (Å²) < 4.78 is 80.5. The Labute approximate surface area is 231 Å². The molecule has 39 heavy (non-hydrogen) atoms. The first-order chi connectivity index (χ1) is 18.0. The molecule has 2 atom stereocenters. The van der Waals surface area contributed by atoms with E-state index in [2.05, 4.69) is 10.5 Å². The van der Waals surface area contributed by atoms with Crippen LogP contribution >= 0.6 is 34.8 Å². The Hall–Kier alpha value is -2.74. The number of nitrogens with one attached hydrogen (secondary N) is 1. The molecule has 2 unspecified atom stereocenters. The Balaban J connectivity index is 1.52. The SMILES string of the molecule is Cc1cc(C2=NOC(c3cc(Cl)c(Cl)c(Cl)c3)(C(F)(F)F)C2)ccc1C(=O)NC1CON(CC(F)(F)F)C1=O. The van der Waals surface area contributed by atoms with E-state index in [1.807, 2.05) is 0 Å². The normalized spacial score (nSPS) is 21.7. The molecule has 16 heteroatoms. The van der Waals surface area contributed by atoms with E-state index in [1.165, 1.54) is 25.1 Å². The summed E-state index contributed by atoms with van der Waals surface area (Å²) in [6, 6.07) is 4.61. The fourth-order valence-corrected chi connectivity index (χ4v) is 4.64. The van der Waals surface area contributed by atoms with Gasteiger partial charge in [0, 0.05) is 17.5 Å². The topological polar surface area (TPSA) is 80.2 Å². The van der Waals surface area contributed by atoms with E-state index in [1.54, 1.807) is 0 Å². The molecule has 7 nitrogen and oxygen atoms in total. The Morgan fingerprint density at radius 2 is 1.77 bits per heavy atom. The first-order valence-corrected chi connectivity index (χ1v) is 12.1. The molecule has 0 saturated carbocycles. The monoisotopic (exact) mass is 617 g/mol. The van der Waals surface area contributed by atoms with Gasteiger partial charge in [0.2, 0.25) is 0 Å². The highest BCUT2D eigenvalue weighted by Crippen LogP contribution is 2.50. The van der Waals surface area contributed by atoms with Crippen LogP contribution in [0.15, 0.2) is 35.5 Å². The lowest BCUT2D eigenvalue weighted by Gasteiger charge is -2.30. The summed E-state index contributed by atoms with van der Waals surface area (Å²) in [5.41, 5.74) is -2.89. The first kappa shape index (κ1) is 29.2. The van der Waals surface area contributed by atoms with Crippen LogP contribution in [0.5, 0.6) is 0 Å². The minimum Gasteiger partial charge on any atom is -0.374 e. The molecule has 4 rings (SSSR count). The molecule has 0 spiro atoms. The van der Waals surface area contributed by atoms with Crippen molar-refractivity contribution in [3.05, 3.63) is 67.7 Å². The van der Waals surface area contributed by atoms with Gasteiger partial charge in [0.15, 0.2) is 0 Å². The number of benzene rings is 2. The molecule has 210 valence electrons. The predicted octanol–water partition coefficient (Wildman–Crippen LogP) is 5.97. The van der Waals surface area contributed by atoms with Crippen molar-refractivity contribution in [1.82, 2.24) is 10.4 Å². The lowest BCUT2D eigenvalue weighted by molar-refractivity contribution is -0.275. The van der Waals surface area contributed by atoms with Crippen LogP contribution in [0.25, 0.3) is 0 Å². The zero-order valence-electron chi connectivity index (χ0n) is 19.5. The number of hydroxylamine groups is 2. The Bertz CT molecular complexity index is 1340. The number of hydrogen-bond donors (Lipinski definition) is 1. The summed E-state index contributed by atoms with van der Waals surface area (Å²) in [5, 5.41) is 5.52. The predicted molar refractivity (Wildman–Crippen MR) is 128 cm³/mol. The molecule has 1 N–H and O–H groups in total. The highest BCUT2D eigenvalue weighted by molar-refractivity contribution is 6.48. The number of carbonyl (C=O) groups is 2. The average Bonchev–Trinajstić information content (AvgIpc) is 3.42. The van der Waals surface area contributed by atoms with Gasteiger partial charge >= 0.3 is 12.4 Å². The van der Waals surface area contributed by atoms with E-state index in [-0.39, 0.29) is 42.5 Å². The number of halogens is 9. The minimum atomic E-state index is -4.94. The molecule has 1 fully saturated rings. The highest BCUT2D eigenvalue weighted by Gasteiger charge is 2.62. The third-order valence-electron chi connectivity index (χ3n) is 6.01. The summed E-state index contributed by atoms with van der Waals surface area (Å²) in [7, 11) is 0. The zero-order valence-corrected chi connectivity index (χ0v) is 21.8. The molecule has 0 aliphatic carbocycles. The number of alkyl halides is 6. The minimum absolute atomic E-state index is 0.0266. The van der Waals surface area contributed by atoms with Crippen LogP contribution in [-0.4, -0.2) is 54.1 Å². The lowest BCUT2D eigenvalue weighted by Crippen LogP contribution is -2.44. The standard InChI is InChI=1S/C23H16Cl3F6N3O4/c1-10-4-11(2-3-13(10)19(36)33-17-8-38-35(20(17)37)9-22(27,28)29)16-7-21(39-34-16,23(30,31)32)12-5-14(24)18(26)15(25)6-12/h2-6,17H,7-9H2,1H3,(H,33,36). The van der Waals surface area contributed by atoms with Crippen molar-refractivity contribution < 1.29 is 45.6 Å². The van der Waals surface area contributed by atoms with Crippen LogP contribution in [0, 0.1) is 6.92 Å². The fourth-order valence-electron chi connectivity index (χ4n) is 4.04. The molecule has 0 aromatic heterocycles. The number of rotatable bonds is 5. The van der Waals surface area contributed by atoms with E-state index >= 15 is 0 Å². The second-order valence-electron chi connectivity index (χ2n) is 8.73. The summed E-state index contributed by atoms with van der Waals surface area (Å²) in [5.74, 6) is -1.87. The Morgan fingerprint density at radius 3 is 2.33 bits per heavy atom. The van der Waals surface area contributed by atoms with E-state index < -0.39 is 60.9 Å². The van der Waals surface area contributed by atoms with Crippen molar-refractivity contribution in [2.75, 3.05) is 13.2 Å². The number of nitrogens with zero attached hydrogens (tertiary/aromatic N) is 2. The maximum atomic E-state index is 14.3. The van der Waals surface area contributed by atoms with Gasteiger partial charge in [-0.3, -0.25) is 14.4 Å². The van der Waals surface area contributed by atoms with Gasteiger partial charge in [0.05, 0.1) is 20.8 Å². The molecular weight excluding hydrogens is 603 g/mol. The maximum Gasteiger partial charge on any atom is 0.435 e. The van der Waals surface area contributed by atoms with Gasteiger partial charge in [-0.25, -0.2) is 5.06 Å². The van der Waals surface area contributed by atoms with E-state index in [0.29, 0.717) is 0 Å². The van der Waals surface area contributed by atoms with Crippen LogP contribution in [0.3, 0.4) is 0 Å². The first-order valence-electron chi connectivity index (χ1n) is 10.9. The van der Waals surface area contributed by atoms with Crippen molar-refractivity contribution >= 4 is 52.3 Å². The molecule has 2 aliphatic heterocycles. The van der Waals surface area contributed by atoms with Gasteiger partial charge in [-0.2, -0.15) is 26.3 Å². The summed E-state index contributed by atoms with van der Waals surface area (Å²) >= 11 is 17.8. The van der Waals surface area contributed by atoms with Crippen molar-refractivity contribution in [1.29, 1.82) is 0 Å². The number of carbonyl (C=O) groups excluding carboxylic acids is 2. The molecule has 2 aromatic rings. The summed E-state index contributed by atoms with van der Waals surface area (Å²) in [6.45, 7) is -0.651. The number of aryl methyl sites for hydroxylation is 1. The Morgan fingerprint density at radius 1 is 1.13 bits per heavy atom. The van der Waals surface area contributed by atoms with Gasteiger partial charge in [-0.15, -0.1) is 0 Å². The van der Waals surface area contributed by atoms with Crippen molar-refractivity contribution in [2.45, 2.75) is 37.3 Å². The Kier molecular flexibility index (Phi) is 7.76. The number of hydrogen-bond acceptors (Lipinski definition) is 5. The number of amides is 2.